The molecule has 0 fully saturated rings. The third-order valence-corrected chi connectivity index (χ3v) is 2.91. The Hall–Kier alpha value is -1.28. The second-order valence-corrected chi connectivity index (χ2v) is 3.79. The van der Waals surface area contributed by atoms with Gasteiger partial charge in [0.2, 0.25) is 0 Å². The number of rotatable bonds is 1. The maximum absolute atomic E-state index is 9.49. The van der Waals surface area contributed by atoms with Gasteiger partial charge in [-0.05, 0) is 35.9 Å². The van der Waals surface area contributed by atoms with Crippen LogP contribution in [0.3, 0.4) is 0 Å². The summed E-state index contributed by atoms with van der Waals surface area (Å²) in [5.74, 6) is 0.343. The van der Waals surface area contributed by atoms with Crippen LogP contribution in [0.25, 0.3) is 15.8 Å². The molecule has 66 valence electrons. The van der Waals surface area contributed by atoms with Crippen molar-refractivity contribution in [3.8, 4) is 0 Å². The van der Waals surface area contributed by atoms with Gasteiger partial charge in [0.1, 0.15) is 5.76 Å². The fraction of sp³-hybridized carbons (Fsp3) is 0.0909. The largest absolute Gasteiger partial charge is 0.508 e. The quantitative estimate of drug-likeness (QED) is 0.678. The first kappa shape index (κ1) is 8.32. The Labute approximate surface area is 81.0 Å². The Morgan fingerprint density at radius 1 is 1.38 bits per heavy atom. The van der Waals surface area contributed by atoms with E-state index in [-0.39, 0.29) is 0 Å². The van der Waals surface area contributed by atoms with E-state index in [0.29, 0.717) is 5.76 Å². The van der Waals surface area contributed by atoms with Gasteiger partial charge in [0.15, 0.2) is 0 Å². The number of benzene rings is 1. The lowest BCUT2D eigenvalue weighted by Gasteiger charge is -1.98. The third-order valence-electron chi connectivity index (χ3n) is 2.03. The minimum absolute atomic E-state index is 0.343. The number of fused-ring (bicyclic) bond motifs is 1. The van der Waals surface area contributed by atoms with E-state index >= 15 is 0 Å². The molecule has 0 unspecified atom stereocenters. The number of hydrogen-bond donors (Lipinski definition) is 1. The first-order valence-electron chi connectivity index (χ1n) is 4.14. The summed E-state index contributed by atoms with van der Waals surface area (Å²) in [6.45, 7) is 1.83. The van der Waals surface area contributed by atoms with Crippen LogP contribution < -0.4 is 0 Å². The highest BCUT2D eigenvalue weighted by molar-refractivity contribution is 7.17. The fourth-order valence-electron chi connectivity index (χ4n) is 1.28. The molecule has 13 heavy (non-hydrogen) atoms. The van der Waals surface area contributed by atoms with E-state index in [4.69, 9.17) is 0 Å². The minimum Gasteiger partial charge on any atom is -0.508 e. The van der Waals surface area contributed by atoms with Gasteiger partial charge in [-0.3, -0.25) is 0 Å². The van der Waals surface area contributed by atoms with Crippen LogP contribution in [0.2, 0.25) is 0 Å². The van der Waals surface area contributed by atoms with Crippen molar-refractivity contribution in [3.63, 3.8) is 0 Å². The van der Waals surface area contributed by atoms with E-state index in [2.05, 4.69) is 11.4 Å². The summed E-state index contributed by atoms with van der Waals surface area (Å²) in [7, 11) is 0. The first-order valence-corrected chi connectivity index (χ1v) is 5.02. The van der Waals surface area contributed by atoms with Gasteiger partial charge >= 0.3 is 0 Å². The molecule has 0 saturated carbocycles. The van der Waals surface area contributed by atoms with Crippen LogP contribution in [0, 0.1) is 0 Å². The molecular weight excluding hydrogens is 180 g/mol. The fourth-order valence-corrected chi connectivity index (χ4v) is 2.11. The van der Waals surface area contributed by atoms with Crippen LogP contribution in [-0.4, -0.2) is 5.11 Å². The van der Waals surface area contributed by atoms with Gasteiger partial charge in [0.05, 0.1) is 0 Å². The van der Waals surface area contributed by atoms with Crippen LogP contribution in [-0.2, 0) is 0 Å². The molecule has 2 aromatic rings. The van der Waals surface area contributed by atoms with Crippen LogP contribution in [0.4, 0.5) is 0 Å². The van der Waals surface area contributed by atoms with Crippen LogP contribution in [0.15, 0.2) is 35.7 Å². The van der Waals surface area contributed by atoms with Gasteiger partial charge in [-0.1, -0.05) is 12.1 Å². The van der Waals surface area contributed by atoms with Crippen molar-refractivity contribution in [3.05, 3.63) is 41.3 Å². The average Bonchev–Trinajstić information content (AvgIpc) is 2.63. The highest BCUT2D eigenvalue weighted by Gasteiger charge is 1.99. The monoisotopic (exact) mass is 190 g/mol. The molecule has 1 aromatic heterocycles. The molecule has 1 nitrogen and oxygen atoms in total. The molecule has 2 heteroatoms. The van der Waals surface area contributed by atoms with Crippen molar-refractivity contribution in [2.24, 2.45) is 0 Å². The summed E-state index contributed by atoms with van der Waals surface area (Å²) in [4.78, 5) is 0. The highest BCUT2D eigenvalue weighted by atomic mass is 32.1. The summed E-state index contributed by atoms with van der Waals surface area (Å²) in [6, 6.07) is 8.05. The summed E-state index contributed by atoms with van der Waals surface area (Å²) in [5.41, 5.74) is 0.887. The van der Waals surface area contributed by atoms with Crippen molar-refractivity contribution in [2.45, 2.75) is 6.92 Å². The highest BCUT2D eigenvalue weighted by Crippen LogP contribution is 2.24. The number of aliphatic hydroxyl groups excluding tert-OH is 1. The standard InChI is InChI=1S/C11H10OS/c1-2-10(12)9-4-3-8-5-6-13-11(8)7-9/h2-7,12H,1H3/b10-2+. The Balaban J connectivity index is 2.60. The number of thiophene rings is 1. The smallest absolute Gasteiger partial charge is 0.118 e. The zero-order chi connectivity index (χ0) is 9.26. The minimum atomic E-state index is 0.343. The van der Waals surface area contributed by atoms with Crippen LogP contribution in [0.5, 0.6) is 0 Å². The molecule has 0 atom stereocenters. The number of hydrogen-bond acceptors (Lipinski definition) is 2. The molecular formula is C11H10OS. The molecule has 0 amide bonds. The second-order valence-electron chi connectivity index (χ2n) is 2.85. The summed E-state index contributed by atoms with van der Waals surface area (Å²) >= 11 is 1.69. The SMILES string of the molecule is C/C=C(/O)c1ccc2ccsc2c1. The molecule has 0 aliphatic carbocycles. The van der Waals surface area contributed by atoms with E-state index < -0.39 is 0 Å². The molecule has 0 aliphatic rings. The number of allylic oxidation sites excluding steroid dienone is 1. The zero-order valence-electron chi connectivity index (χ0n) is 7.32. The van der Waals surface area contributed by atoms with Crippen molar-refractivity contribution in [1.82, 2.24) is 0 Å². The van der Waals surface area contributed by atoms with Crippen LogP contribution in [0.1, 0.15) is 12.5 Å². The molecule has 0 spiro atoms. The Morgan fingerprint density at radius 2 is 2.23 bits per heavy atom. The summed E-state index contributed by atoms with van der Waals surface area (Å²) < 4.78 is 1.21. The van der Waals surface area contributed by atoms with E-state index in [1.165, 1.54) is 10.1 Å². The van der Waals surface area contributed by atoms with E-state index in [1.807, 2.05) is 25.1 Å². The maximum atomic E-state index is 9.49. The van der Waals surface area contributed by atoms with Gasteiger partial charge in [0, 0.05) is 10.3 Å². The Morgan fingerprint density at radius 3 is 3.00 bits per heavy atom. The zero-order valence-corrected chi connectivity index (χ0v) is 8.14. The van der Waals surface area contributed by atoms with Crippen molar-refractivity contribution in [2.75, 3.05) is 0 Å². The predicted octanol–water partition coefficient (Wildman–Crippen LogP) is 3.82. The molecule has 1 N–H and O–H groups in total. The van der Waals surface area contributed by atoms with Gasteiger partial charge < -0.3 is 5.11 Å². The van der Waals surface area contributed by atoms with E-state index in [1.54, 1.807) is 17.4 Å². The molecule has 1 heterocycles. The van der Waals surface area contributed by atoms with Crippen molar-refractivity contribution in [1.29, 1.82) is 0 Å². The van der Waals surface area contributed by atoms with Gasteiger partial charge in [0.25, 0.3) is 0 Å². The van der Waals surface area contributed by atoms with E-state index in [0.717, 1.165) is 5.56 Å². The third kappa shape index (κ3) is 1.45. The van der Waals surface area contributed by atoms with Gasteiger partial charge in [-0.2, -0.15) is 0 Å². The van der Waals surface area contributed by atoms with Crippen molar-refractivity contribution >= 4 is 27.2 Å². The predicted molar refractivity (Wildman–Crippen MR) is 58.1 cm³/mol. The first-order chi connectivity index (χ1) is 6.31. The van der Waals surface area contributed by atoms with Gasteiger partial charge in [-0.25, -0.2) is 0 Å². The topological polar surface area (TPSA) is 20.2 Å². The summed E-state index contributed by atoms with van der Waals surface area (Å²) in [6.07, 6.45) is 1.70. The Kier molecular flexibility index (Phi) is 2.07. The molecule has 2 rings (SSSR count). The molecule has 0 saturated heterocycles. The summed E-state index contributed by atoms with van der Waals surface area (Å²) in [5, 5.41) is 12.8. The maximum Gasteiger partial charge on any atom is 0.118 e. The van der Waals surface area contributed by atoms with Crippen molar-refractivity contribution < 1.29 is 5.11 Å². The second kappa shape index (κ2) is 3.23. The molecule has 1 aromatic carbocycles. The average molecular weight is 190 g/mol. The van der Waals surface area contributed by atoms with Crippen LogP contribution >= 0.6 is 11.3 Å². The normalized spacial score (nSPS) is 12.2. The Bertz CT molecular complexity index is 454. The molecule has 0 radical (unpaired) electrons. The lowest BCUT2D eigenvalue weighted by atomic mass is 10.1. The lowest BCUT2D eigenvalue weighted by Crippen LogP contribution is -1.80. The number of aliphatic hydroxyl groups is 1. The van der Waals surface area contributed by atoms with E-state index in [9.17, 15) is 5.11 Å². The molecule has 0 aliphatic heterocycles. The lowest BCUT2D eigenvalue weighted by molar-refractivity contribution is 0.511. The molecule has 0 bridgehead atoms. The van der Waals surface area contributed by atoms with Gasteiger partial charge in [-0.15, -0.1) is 11.3 Å².